The zero-order valence-corrected chi connectivity index (χ0v) is 18.7. The minimum atomic E-state index is -0.977. The number of hydrogen-bond acceptors (Lipinski definition) is 4. The fourth-order valence-corrected chi connectivity index (χ4v) is 4.47. The second kappa shape index (κ2) is 9.90. The molecule has 172 valence electrons. The maximum absolute atomic E-state index is 13.3. The summed E-state index contributed by atoms with van der Waals surface area (Å²) in [5, 5.41) is 12.3. The summed E-state index contributed by atoms with van der Waals surface area (Å²) in [6.45, 7) is 4.70. The second-order valence-electron chi connectivity index (χ2n) is 8.64. The Hall–Kier alpha value is -3.61. The summed E-state index contributed by atoms with van der Waals surface area (Å²) in [5.74, 6) is -2.89. The van der Waals surface area contributed by atoms with Crippen molar-refractivity contribution in [1.82, 2.24) is 4.90 Å². The van der Waals surface area contributed by atoms with E-state index >= 15 is 0 Å². The van der Waals surface area contributed by atoms with E-state index in [1.165, 1.54) is 5.56 Å². The monoisotopic (exact) mass is 447 g/mol. The molecule has 7 nitrogen and oxygen atoms in total. The van der Waals surface area contributed by atoms with E-state index < -0.39 is 17.8 Å². The quantitative estimate of drug-likeness (QED) is 0.684. The van der Waals surface area contributed by atoms with Crippen LogP contribution in [0.3, 0.4) is 0 Å². The summed E-state index contributed by atoms with van der Waals surface area (Å²) in [5.41, 5.74) is 3.21. The highest BCUT2D eigenvalue weighted by molar-refractivity contribution is 6.04. The molecule has 1 fully saturated rings. The summed E-state index contributed by atoms with van der Waals surface area (Å²) in [6, 6.07) is 15.3. The number of carboxylic acid groups (broad SMARTS) is 1. The van der Waals surface area contributed by atoms with Crippen LogP contribution in [0.25, 0.3) is 0 Å². The van der Waals surface area contributed by atoms with Crippen LogP contribution in [0.1, 0.15) is 28.8 Å². The molecule has 1 saturated heterocycles. The first-order chi connectivity index (χ1) is 15.9. The molecule has 0 saturated carbocycles. The van der Waals surface area contributed by atoms with Crippen LogP contribution in [0, 0.1) is 18.8 Å². The van der Waals surface area contributed by atoms with Gasteiger partial charge in [0.15, 0.2) is 0 Å². The van der Waals surface area contributed by atoms with Gasteiger partial charge in [0.05, 0.1) is 23.1 Å². The molecule has 1 aliphatic carbocycles. The van der Waals surface area contributed by atoms with Crippen LogP contribution in [-0.2, 0) is 9.59 Å². The normalized spacial score (nSPS) is 20.4. The maximum atomic E-state index is 13.3. The van der Waals surface area contributed by atoms with Crippen molar-refractivity contribution in [2.75, 3.05) is 36.4 Å². The third-order valence-corrected chi connectivity index (χ3v) is 6.47. The molecular weight excluding hydrogens is 418 g/mol. The zero-order valence-electron chi connectivity index (χ0n) is 18.7. The van der Waals surface area contributed by atoms with Gasteiger partial charge in [0, 0.05) is 31.9 Å². The maximum Gasteiger partial charge on any atom is 0.307 e. The van der Waals surface area contributed by atoms with Crippen LogP contribution in [-0.4, -0.2) is 54.0 Å². The Morgan fingerprint density at radius 2 is 1.52 bits per heavy atom. The third-order valence-electron chi connectivity index (χ3n) is 6.47. The second-order valence-corrected chi connectivity index (χ2v) is 8.64. The first-order valence-corrected chi connectivity index (χ1v) is 11.3. The van der Waals surface area contributed by atoms with Gasteiger partial charge < -0.3 is 20.2 Å². The molecular formula is C26H29N3O4. The van der Waals surface area contributed by atoms with E-state index in [-0.39, 0.29) is 11.8 Å². The van der Waals surface area contributed by atoms with E-state index in [4.69, 9.17) is 0 Å². The molecule has 2 N–H and O–H groups in total. The molecule has 0 unspecified atom stereocenters. The van der Waals surface area contributed by atoms with E-state index in [1.807, 2.05) is 6.08 Å². The number of allylic oxidation sites excluding steroid dienone is 2. The third kappa shape index (κ3) is 5.08. The lowest BCUT2D eigenvalue weighted by Crippen LogP contribution is -2.49. The molecule has 2 atom stereocenters. The van der Waals surface area contributed by atoms with Crippen molar-refractivity contribution in [1.29, 1.82) is 0 Å². The molecule has 4 rings (SSSR count). The van der Waals surface area contributed by atoms with Crippen molar-refractivity contribution in [3.8, 4) is 0 Å². The molecule has 0 bridgehead atoms. The standard InChI is InChI=1S/C26H29N3O4/c1-18-10-12-19(13-11-18)28-14-16-29(17-15-28)25(31)22-8-4-5-9-23(22)27-24(30)20-6-2-3-7-21(20)26(32)33/h2-5,8-13,20-21H,6-7,14-17H2,1H3,(H,27,30)(H,32,33)/t20-,21+/m0/s1. The number of carboxylic acids is 1. The van der Waals surface area contributed by atoms with E-state index in [1.54, 1.807) is 35.2 Å². The topological polar surface area (TPSA) is 90.0 Å². The van der Waals surface area contributed by atoms with Gasteiger partial charge in [0.2, 0.25) is 5.91 Å². The largest absolute Gasteiger partial charge is 0.481 e. The molecule has 2 aromatic carbocycles. The Labute approximate surface area is 193 Å². The van der Waals surface area contributed by atoms with Gasteiger partial charge in [-0.15, -0.1) is 0 Å². The zero-order chi connectivity index (χ0) is 23.4. The predicted octanol–water partition coefficient (Wildman–Crippen LogP) is 3.56. The first kappa shape index (κ1) is 22.6. The van der Waals surface area contributed by atoms with Crippen LogP contribution in [0.4, 0.5) is 11.4 Å². The Balaban J connectivity index is 1.43. The van der Waals surface area contributed by atoms with Gasteiger partial charge in [-0.05, 0) is 44.0 Å². The van der Waals surface area contributed by atoms with Crippen molar-refractivity contribution in [2.45, 2.75) is 19.8 Å². The summed E-state index contributed by atoms with van der Waals surface area (Å²) in [6.07, 6.45) is 4.35. The van der Waals surface area contributed by atoms with Crippen molar-refractivity contribution in [3.63, 3.8) is 0 Å². The van der Waals surface area contributed by atoms with Gasteiger partial charge in [-0.1, -0.05) is 42.0 Å². The Morgan fingerprint density at radius 3 is 2.18 bits per heavy atom. The van der Waals surface area contributed by atoms with Crippen LogP contribution >= 0.6 is 0 Å². The molecule has 1 heterocycles. The van der Waals surface area contributed by atoms with Crippen LogP contribution < -0.4 is 10.2 Å². The number of carbonyl (C=O) groups is 3. The van der Waals surface area contributed by atoms with Gasteiger partial charge in [0.25, 0.3) is 5.91 Å². The molecule has 2 aromatic rings. The lowest BCUT2D eigenvalue weighted by molar-refractivity contribution is -0.146. The van der Waals surface area contributed by atoms with E-state index in [0.717, 1.165) is 18.8 Å². The van der Waals surface area contributed by atoms with Gasteiger partial charge in [0.1, 0.15) is 0 Å². The van der Waals surface area contributed by atoms with E-state index in [9.17, 15) is 19.5 Å². The number of rotatable bonds is 5. The molecule has 2 aliphatic rings. The van der Waals surface area contributed by atoms with Crippen LogP contribution in [0.2, 0.25) is 0 Å². The average Bonchev–Trinajstić information content (AvgIpc) is 2.84. The SMILES string of the molecule is Cc1ccc(N2CCN(C(=O)c3ccccc3NC(=O)[C@H]3CC=CC[C@H]3C(=O)O)CC2)cc1. The van der Waals surface area contributed by atoms with Gasteiger partial charge in [-0.3, -0.25) is 14.4 Å². The van der Waals surface area contributed by atoms with Gasteiger partial charge >= 0.3 is 5.97 Å². The molecule has 0 radical (unpaired) electrons. The van der Waals surface area contributed by atoms with Crippen molar-refractivity contribution < 1.29 is 19.5 Å². The highest BCUT2D eigenvalue weighted by atomic mass is 16.4. The average molecular weight is 448 g/mol. The number of benzene rings is 2. The van der Waals surface area contributed by atoms with Crippen molar-refractivity contribution >= 4 is 29.2 Å². The summed E-state index contributed by atoms with van der Waals surface area (Å²) < 4.78 is 0. The van der Waals surface area contributed by atoms with E-state index in [2.05, 4.69) is 41.4 Å². The van der Waals surface area contributed by atoms with Crippen molar-refractivity contribution in [2.24, 2.45) is 11.8 Å². The molecule has 7 heteroatoms. The minimum absolute atomic E-state index is 0.132. The minimum Gasteiger partial charge on any atom is -0.481 e. The number of aliphatic carboxylic acids is 1. The smallest absolute Gasteiger partial charge is 0.307 e. The number of piperazine rings is 1. The highest BCUT2D eigenvalue weighted by Crippen LogP contribution is 2.28. The number of anilines is 2. The number of nitrogens with zero attached hydrogens (tertiary/aromatic N) is 2. The summed E-state index contributed by atoms with van der Waals surface area (Å²) >= 11 is 0. The number of para-hydroxylation sites is 1. The molecule has 0 spiro atoms. The lowest BCUT2D eigenvalue weighted by Gasteiger charge is -2.36. The van der Waals surface area contributed by atoms with Crippen molar-refractivity contribution in [3.05, 3.63) is 71.8 Å². The predicted molar refractivity (Wildman–Crippen MR) is 127 cm³/mol. The lowest BCUT2D eigenvalue weighted by atomic mass is 9.82. The van der Waals surface area contributed by atoms with Crippen LogP contribution in [0.5, 0.6) is 0 Å². The number of nitrogens with one attached hydrogen (secondary N) is 1. The Morgan fingerprint density at radius 1 is 0.879 bits per heavy atom. The van der Waals surface area contributed by atoms with E-state index in [0.29, 0.717) is 37.2 Å². The molecule has 2 amide bonds. The summed E-state index contributed by atoms with van der Waals surface area (Å²) in [4.78, 5) is 41.8. The molecule has 33 heavy (non-hydrogen) atoms. The summed E-state index contributed by atoms with van der Waals surface area (Å²) in [7, 11) is 0. The Kier molecular flexibility index (Phi) is 6.77. The highest BCUT2D eigenvalue weighted by Gasteiger charge is 2.34. The fraction of sp³-hybridized carbons (Fsp3) is 0.346. The number of hydrogen-bond donors (Lipinski definition) is 2. The van der Waals surface area contributed by atoms with Crippen LogP contribution in [0.15, 0.2) is 60.7 Å². The number of carbonyl (C=O) groups excluding carboxylic acids is 2. The molecule has 0 aromatic heterocycles. The first-order valence-electron chi connectivity index (χ1n) is 11.3. The fourth-order valence-electron chi connectivity index (χ4n) is 4.47. The van der Waals surface area contributed by atoms with Gasteiger partial charge in [-0.25, -0.2) is 0 Å². The Bertz CT molecular complexity index is 1060. The molecule has 1 aliphatic heterocycles. The number of amides is 2. The number of aryl methyl sites for hydroxylation is 1. The van der Waals surface area contributed by atoms with Gasteiger partial charge in [-0.2, -0.15) is 0 Å².